The molecular weight excluding hydrogens is 249 g/mol. The third-order valence-corrected chi connectivity index (χ3v) is 3.65. The van der Waals surface area contributed by atoms with Crippen LogP contribution in [0, 0.1) is 0 Å². The lowest BCUT2D eigenvalue weighted by molar-refractivity contribution is 0.381. The Labute approximate surface area is 79.0 Å². The molecule has 1 unspecified atom stereocenters. The van der Waals surface area contributed by atoms with Gasteiger partial charge in [-0.05, 0) is 0 Å². The van der Waals surface area contributed by atoms with Crippen molar-refractivity contribution >= 4 is 38.8 Å². The molecule has 0 rings (SSSR count). The van der Waals surface area contributed by atoms with Crippen LogP contribution < -0.4 is 0 Å². The summed E-state index contributed by atoms with van der Waals surface area (Å²) in [6, 6.07) is 0. The van der Waals surface area contributed by atoms with E-state index in [1.807, 2.05) is 0 Å². The Morgan fingerprint density at radius 2 is 1.83 bits per heavy atom. The number of hydrogen-bond donors (Lipinski definition) is 3. The lowest BCUT2D eigenvalue weighted by atomic mass is 10.7. The van der Waals surface area contributed by atoms with Crippen molar-refractivity contribution in [2.45, 2.75) is 0 Å². The van der Waals surface area contributed by atoms with E-state index in [0.29, 0.717) is 0 Å². The normalized spacial score (nSPS) is 14.1. The van der Waals surface area contributed by atoms with Crippen LogP contribution in [0.1, 0.15) is 0 Å². The van der Waals surface area contributed by atoms with Crippen LogP contribution in [-0.2, 0) is 9.13 Å². The van der Waals surface area contributed by atoms with E-state index in [4.69, 9.17) is 37.9 Å². The Kier molecular flexibility index (Phi) is 5.04. The topological polar surface area (TPSA) is 94.8 Å². The lowest BCUT2D eigenvalue weighted by Gasteiger charge is -2.06. The third kappa shape index (κ3) is 4.63. The minimum atomic E-state index is -4.60. The molecule has 5 nitrogen and oxygen atoms in total. The van der Waals surface area contributed by atoms with Crippen molar-refractivity contribution in [3.8, 4) is 0 Å². The van der Waals surface area contributed by atoms with Crippen molar-refractivity contribution in [3.63, 3.8) is 0 Å². The Balaban J connectivity index is 4.85. The monoisotopic (exact) mass is 254 g/mol. The molecule has 0 spiro atoms. The highest BCUT2D eigenvalue weighted by Crippen LogP contribution is 2.50. The smallest absolute Gasteiger partial charge is 0.346 e. The molecule has 0 aliphatic heterocycles. The number of rotatable bonds is 3. The first kappa shape index (κ1) is 12.7. The maximum atomic E-state index is 10.5. The summed E-state index contributed by atoms with van der Waals surface area (Å²) < 4.78 is 20.1. The van der Waals surface area contributed by atoms with Gasteiger partial charge < -0.3 is 14.7 Å². The first-order chi connectivity index (χ1) is 5.25. The fourth-order valence-corrected chi connectivity index (χ4v) is 3.35. The maximum absolute atomic E-state index is 10.5. The molecule has 72 valence electrons. The summed E-state index contributed by atoms with van der Waals surface area (Å²) in [6.45, 7) is 0. The van der Waals surface area contributed by atoms with Gasteiger partial charge in [0, 0.05) is 0 Å². The number of hydrogen-bond acceptors (Lipinski definition) is 2. The van der Waals surface area contributed by atoms with Crippen molar-refractivity contribution in [1.82, 2.24) is 0 Å². The van der Waals surface area contributed by atoms with Crippen LogP contribution in [0.4, 0.5) is 0 Å². The highest BCUT2D eigenvalue weighted by Gasteiger charge is 2.25. The quantitative estimate of drug-likeness (QED) is 0.660. The summed E-state index contributed by atoms with van der Waals surface area (Å²) in [5.74, 6) is 0. The Morgan fingerprint density at radius 1 is 1.42 bits per heavy atom. The van der Waals surface area contributed by atoms with E-state index >= 15 is 0 Å². The summed E-state index contributed by atoms with van der Waals surface area (Å²) in [6.07, 6.45) is -0.683. The van der Waals surface area contributed by atoms with E-state index in [1.165, 1.54) is 0 Å². The second-order valence-electron chi connectivity index (χ2n) is 1.82. The molecule has 3 N–H and O–H groups in total. The molecule has 1 atom stereocenters. The van der Waals surface area contributed by atoms with Crippen LogP contribution in [0.15, 0.2) is 9.81 Å². The molecule has 0 bridgehead atoms. The summed E-state index contributed by atoms with van der Waals surface area (Å²) >= 11 is 10.2. The Morgan fingerprint density at radius 3 is 1.92 bits per heavy atom. The van der Waals surface area contributed by atoms with Crippen molar-refractivity contribution in [2.24, 2.45) is 0 Å². The molecule has 0 aromatic heterocycles. The van der Waals surface area contributed by atoms with Gasteiger partial charge >= 0.3 is 7.60 Å². The van der Waals surface area contributed by atoms with Crippen molar-refractivity contribution in [2.75, 3.05) is 6.16 Å². The zero-order valence-electron chi connectivity index (χ0n) is 5.57. The van der Waals surface area contributed by atoms with Gasteiger partial charge in [-0.1, -0.05) is 23.2 Å². The van der Waals surface area contributed by atoms with Gasteiger partial charge in [-0.15, -0.1) is 0 Å². The van der Waals surface area contributed by atoms with E-state index in [1.54, 1.807) is 0 Å². The Bertz CT molecular complexity index is 264. The van der Waals surface area contributed by atoms with E-state index in [-0.39, 0.29) is 0 Å². The first-order valence-corrected chi connectivity index (χ1v) is 6.50. The molecule has 0 aliphatic carbocycles. The zero-order chi connectivity index (χ0) is 9.94. The Hall–Kier alpha value is 0.660. The molecular formula is C3H6Cl2O5P2. The van der Waals surface area contributed by atoms with E-state index in [9.17, 15) is 9.13 Å². The van der Waals surface area contributed by atoms with Crippen molar-refractivity contribution < 1.29 is 23.8 Å². The van der Waals surface area contributed by atoms with Crippen LogP contribution in [0.2, 0.25) is 0 Å². The molecule has 0 fully saturated rings. The van der Waals surface area contributed by atoms with Gasteiger partial charge in [0.05, 0.1) is 11.5 Å². The summed E-state index contributed by atoms with van der Waals surface area (Å²) in [4.78, 5) is 25.5. The van der Waals surface area contributed by atoms with Crippen LogP contribution in [0.5, 0.6) is 0 Å². The van der Waals surface area contributed by atoms with Gasteiger partial charge in [0.25, 0.3) is 0 Å². The minimum Gasteiger partial charge on any atom is -0.346 e. The average molecular weight is 255 g/mol. The fraction of sp³-hybridized carbons (Fsp3) is 0.333. The molecule has 0 saturated heterocycles. The predicted molar refractivity (Wildman–Crippen MR) is 46.9 cm³/mol. The number of halogens is 2. The average Bonchev–Trinajstić information content (AvgIpc) is 1.79. The first-order valence-electron chi connectivity index (χ1n) is 2.57. The summed E-state index contributed by atoms with van der Waals surface area (Å²) in [5, 5.41) is -0.697. The van der Waals surface area contributed by atoms with Crippen LogP contribution in [0.3, 0.4) is 0 Å². The van der Waals surface area contributed by atoms with Gasteiger partial charge in [0.1, 0.15) is 4.49 Å². The molecule has 9 heteroatoms. The molecule has 12 heavy (non-hydrogen) atoms. The highest BCUT2D eigenvalue weighted by molar-refractivity contribution is 7.58. The molecule has 0 aromatic carbocycles. The van der Waals surface area contributed by atoms with Crippen molar-refractivity contribution in [1.29, 1.82) is 0 Å². The van der Waals surface area contributed by atoms with Gasteiger partial charge in [-0.3, -0.25) is 9.13 Å². The largest absolute Gasteiger partial charge is 0.355 e. The molecule has 0 aromatic rings. The molecule has 0 heterocycles. The van der Waals surface area contributed by atoms with Gasteiger partial charge in [0.2, 0.25) is 0 Å². The molecule has 0 amide bonds. The molecule has 0 saturated carbocycles. The minimum absolute atomic E-state index is 0.657. The second kappa shape index (κ2) is 4.77. The standard InChI is InChI=1S/C3H6Cl2O5P2/c4-3(5)2(1-11(6)7)12(8,9)10/h11H,1H2,(H,6,7)(H2,8,9,10). The van der Waals surface area contributed by atoms with Crippen LogP contribution in [0.25, 0.3) is 0 Å². The summed E-state index contributed by atoms with van der Waals surface area (Å²) in [7, 11) is -7.63. The van der Waals surface area contributed by atoms with Crippen LogP contribution in [-0.4, -0.2) is 20.8 Å². The third-order valence-electron chi connectivity index (χ3n) is 0.888. The van der Waals surface area contributed by atoms with E-state index < -0.39 is 31.6 Å². The summed E-state index contributed by atoms with van der Waals surface area (Å²) in [5.41, 5.74) is 0. The van der Waals surface area contributed by atoms with Gasteiger partial charge in [-0.2, -0.15) is 0 Å². The highest BCUT2D eigenvalue weighted by atomic mass is 35.5. The van der Waals surface area contributed by atoms with E-state index in [0.717, 1.165) is 0 Å². The fourth-order valence-electron chi connectivity index (χ4n) is 0.423. The molecule has 0 aliphatic rings. The lowest BCUT2D eigenvalue weighted by Crippen LogP contribution is -1.90. The van der Waals surface area contributed by atoms with E-state index in [2.05, 4.69) is 0 Å². The second-order valence-corrected chi connectivity index (χ2v) is 5.54. The number of allylic oxidation sites excluding steroid dienone is 1. The van der Waals surface area contributed by atoms with Crippen molar-refractivity contribution in [3.05, 3.63) is 9.81 Å². The van der Waals surface area contributed by atoms with Gasteiger partial charge in [0.15, 0.2) is 8.03 Å². The van der Waals surface area contributed by atoms with Crippen LogP contribution >= 0.6 is 38.8 Å². The maximum Gasteiger partial charge on any atom is 0.355 e. The zero-order valence-corrected chi connectivity index (χ0v) is 8.97. The predicted octanol–water partition coefficient (Wildman–Crippen LogP) is 1.28. The SMILES string of the molecule is O=[PH](O)CC(=C(Cl)Cl)P(=O)(O)O. The van der Waals surface area contributed by atoms with Gasteiger partial charge in [-0.25, -0.2) is 0 Å². The molecule has 0 radical (unpaired) electrons.